The number of carboxylic acid groups (broad SMARTS) is 1. The Morgan fingerprint density at radius 1 is 0.465 bits per heavy atom. The van der Waals surface area contributed by atoms with Gasteiger partial charge >= 0.3 is 5.97 Å². The zero-order valence-corrected chi connectivity index (χ0v) is 44.3. The summed E-state index contributed by atoms with van der Waals surface area (Å²) in [5.41, 5.74) is 7.53. The highest BCUT2D eigenvalue weighted by Crippen LogP contribution is 2.20. The molecule has 0 unspecified atom stereocenters. The third kappa shape index (κ3) is 20.3. The monoisotopic (exact) mass is 997 g/mol. The van der Waals surface area contributed by atoms with Crippen LogP contribution in [0.2, 0.25) is 0 Å². The predicted octanol–water partition coefficient (Wildman–Crippen LogP) is 2.54. The number of hydrogen-bond acceptors (Lipinski definition) is 10. The Hall–Kier alpha value is -6.05. The topological polar surface area (TPSA) is 312 Å². The molecule has 9 atom stereocenters. The van der Waals surface area contributed by atoms with Crippen molar-refractivity contribution >= 4 is 64.1 Å². The second kappa shape index (κ2) is 28.7. The van der Waals surface area contributed by atoms with E-state index < -0.39 is 114 Å². The minimum absolute atomic E-state index is 0.00151. The van der Waals surface area contributed by atoms with Crippen LogP contribution in [0, 0.1) is 35.5 Å². The van der Waals surface area contributed by atoms with Crippen LogP contribution in [0.25, 0.3) is 10.9 Å². The summed E-state index contributed by atoms with van der Waals surface area (Å²) in [4.78, 5) is 124. The number of aliphatic carboxylic acids is 1. The number of fused-ring (bicyclic) bond motifs is 1. The number of benzene rings is 1. The third-order valence-electron chi connectivity index (χ3n) is 11.8. The fraction of sp³-hybridized carbons (Fsp3) is 0.667. The first-order valence-electron chi connectivity index (χ1n) is 25.0. The molecule has 0 saturated heterocycles. The van der Waals surface area contributed by atoms with E-state index in [9.17, 15) is 48.3 Å². The first-order valence-corrected chi connectivity index (χ1v) is 25.0. The number of aromatic nitrogens is 1. The first-order chi connectivity index (χ1) is 33.0. The highest BCUT2D eigenvalue weighted by Gasteiger charge is 2.35. The molecule has 0 saturated carbocycles. The molecule has 20 heteroatoms. The molecule has 1 aromatic carbocycles. The SMILES string of the molecule is CC(C)C[C@H](NC(=O)[C@H](Cc1c[nH]c2ccccc12)NC(=O)[C@H](CC(C)C)NC(=O)[C@H](C)NC(=O)[C@@H](NC(=O)[C@H](C)NC(=O)[C@H](CC(C)C)NC(=O)[C@H](CC(C)C)NC(=O)[C@@H](N)C(C)C)C(C)C)C(=O)O. The van der Waals surface area contributed by atoms with E-state index in [-0.39, 0.29) is 61.7 Å². The summed E-state index contributed by atoms with van der Waals surface area (Å²) < 4.78 is 0. The molecule has 1 heterocycles. The molecule has 0 bridgehead atoms. The number of carbonyl (C=O) groups excluding carboxylic acids is 8. The number of hydrogen-bond donors (Lipinski definition) is 11. The molecule has 20 nitrogen and oxygen atoms in total. The average Bonchev–Trinajstić information content (AvgIpc) is 3.67. The maximum absolute atomic E-state index is 14.1. The van der Waals surface area contributed by atoms with Crippen molar-refractivity contribution < 1.29 is 48.3 Å². The molecule has 0 spiro atoms. The molecule has 71 heavy (non-hydrogen) atoms. The van der Waals surface area contributed by atoms with Gasteiger partial charge in [-0.25, -0.2) is 4.79 Å². The molecule has 8 amide bonds. The summed E-state index contributed by atoms with van der Waals surface area (Å²) in [5, 5.41) is 32.1. The van der Waals surface area contributed by atoms with E-state index in [0.717, 1.165) is 10.9 Å². The van der Waals surface area contributed by atoms with Crippen molar-refractivity contribution in [3.63, 3.8) is 0 Å². The minimum atomic E-state index is -1.24. The van der Waals surface area contributed by atoms with E-state index >= 15 is 0 Å². The summed E-state index contributed by atoms with van der Waals surface area (Å²) in [6.07, 6.45) is 2.51. The molecular formula is C51H84N10O10. The predicted molar refractivity (Wildman–Crippen MR) is 272 cm³/mol. The van der Waals surface area contributed by atoms with Gasteiger partial charge in [-0.3, -0.25) is 38.4 Å². The lowest BCUT2D eigenvalue weighted by molar-refractivity contribution is -0.142. The third-order valence-corrected chi connectivity index (χ3v) is 11.8. The Labute approximate surface area is 419 Å². The second-order valence-corrected chi connectivity index (χ2v) is 21.2. The quantitative estimate of drug-likeness (QED) is 0.0563. The molecule has 0 radical (unpaired) electrons. The van der Waals surface area contributed by atoms with E-state index in [1.54, 1.807) is 33.9 Å². The smallest absolute Gasteiger partial charge is 0.326 e. The largest absolute Gasteiger partial charge is 0.480 e. The Morgan fingerprint density at radius 2 is 0.845 bits per heavy atom. The van der Waals surface area contributed by atoms with Gasteiger partial charge < -0.3 is 58.4 Å². The number of nitrogens with one attached hydrogen (secondary N) is 9. The Morgan fingerprint density at radius 3 is 1.31 bits per heavy atom. The van der Waals surface area contributed by atoms with E-state index in [2.05, 4.69) is 47.5 Å². The highest BCUT2D eigenvalue weighted by atomic mass is 16.4. The zero-order chi connectivity index (χ0) is 54.0. The van der Waals surface area contributed by atoms with Crippen LogP contribution in [0.5, 0.6) is 0 Å². The lowest BCUT2D eigenvalue weighted by Crippen LogP contribution is -2.60. The van der Waals surface area contributed by atoms with Gasteiger partial charge in [-0.05, 0) is 86.7 Å². The number of aromatic amines is 1. The van der Waals surface area contributed by atoms with Crippen molar-refractivity contribution in [2.45, 2.75) is 183 Å². The molecule has 398 valence electrons. The molecule has 2 rings (SSSR count). The van der Waals surface area contributed by atoms with Gasteiger partial charge in [0.2, 0.25) is 47.3 Å². The van der Waals surface area contributed by atoms with Crippen LogP contribution in [-0.4, -0.2) is 118 Å². The van der Waals surface area contributed by atoms with Crippen molar-refractivity contribution in [2.24, 2.45) is 41.2 Å². The number of nitrogens with two attached hydrogens (primary N) is 1. The van der Waals surface area contributed by atoms with Gasteiger partial charge in [0.1, 0.15) is 48.3 Å². The number of carboxylic acids is 1. The lowest BCUT2D eigenvalue weighted by atomic mass is 9.98. The normalized spacial score (nSPS) is 15.5. The Balaban J connectivity index is 2.23. The van der Waals surface area contributed by atoms with Gasteiger partial charge in [-0.2, -0.15) is 0 Å². The van der Waals surface area contributed by atoms with Crippen LogP contribution >= 0.6 is 0 Å². The molecule has 0 aliphatic heterocycles. The van der Waals surface area contributed by atoms with Gasteiger partial charge in [0.25, 0.3) is 0 Å². The molecule has 0 fully saturated rings. The van der Waals surface area contributed by atoms with E-state index in [1.165, 1.54) is 13.8 Å². The molecule has 1 aromatic heterocycles. The van der Waals surface area contributed by atoms with Gasteiger partial charge in [-0.1, -0.05) is 101 Å². The number of H-pyrrole nitrogens is 1. The van der Waals surface area contributed by atoms with E-state index in [0.29, 0.717) is 5.56 Å². The number of amides is 8. The molecule has 2 aromatic rings. The maximum atomic E-state index is 14.1. The van der Waals surface area contributed by atoms with Crippen LogP contribution in [0.3, 0.4) is 0 Å². The molecule has 0 aliphatic carbocycles. The lowest BCUT2D eigenvalue weighted by Gasteiger charge is -2.28. The van der Waals surface area contributed by atoms with E-state index in [1.807, 2.05) is 79.7 Å². The summed E-state index contributed by atoms with van der Waals surface area (Å²) in [6.45, 7) is 24.6. The van der Waals surface area contributed by atoms with Crippen LogP contribution in [0.1, 0.15) is 128 Å². The Kier molecular flexibility index (Phi) is 24.7. The number of carbonyl (C=O) groups is 9. The van der Waals surface area contributed by atoms with Crippen molar-refractivity contribution in [3.8, 4) is 0 Å². The minimum Gasteiger partial charge on any atom is -0.480 e. The highest BCUT2D eigenvalue weighted by molar-refractivity contribution is 5.98. The number of para-hydroxylation sites is 1. The standard InChI is InChI=1S/C51H84N10O10/c1-25(2)19-36(57-47(66)38(21-27(5)6)59-49(68)41(52)29(9)10)45(64)54-32(14)44(63)61-42(30(11)12)50(69)55-31(13)43(62)56-37(20-26(3)4)46(65)58-39(48(67)60-40(51(70)71)22-28(7)8)23-33-24-53-35-18-16-15-17-34(33)35/h15-18,24-32,36-42,53H,19-23,52H2,1-14H3,(H,54,64)(H,55,69)(H,56,62)(H,57,66)(H,58,65)(H,59,68)(H,60,67)(H,61,63)(H,70,71)/t31-,32-,36-,37-,38-,39-,40-,41-,42-/m0/s1. The van der Waals surface area contributed by atoms with Crippen molar-refractivity contribution in [1.82, 2.24) is 47.5 Å². The van der Waals surface area contributed by atoms with Gasteiger partial charge in [-0.15, -0.1) is 0 Å². The van der Waals surface area contributed by atoms with Gasteiger partial charge in [0, 0.05) is 23.5 Å². The summed E-state index contributed by atoms with van der Waals surface area (Å²) >= 11 is 0. The van der Waals surface area contributed by atoms with Crippen LogP contribution in [-0.2, 0) is 49.6 Å². The van der Waals surface area contributed by atoms with E-state index in [4.69, 9.17) is 5.73 Å². The molecule has 0 aliphatic rings. The van der Waals surface area contributed by atoms with Crippen LogP contribution in [0.4, 0.5) is 0 Å². The van der Waals surface area contributed by atoms with Crippen LogP contribution in [0.15, 0.2) is 30.5 Å². The number of rotatable bonds is 29. The first kappa shape index (κ1) is 61.1. The average molecular weight is 997 g/mol. The van der Waals surface area contributed by atoms with Gasteiger partial charge in [0.15, 0.2) is 0 Å². The van der Waals surface area contributed by atoms with Crippen molar-refractivity contribution in [1.29, 1.82) is 0 Å². The van der Waals surface area contributed by atoms with Crippen LogP contribution < -0.4 is 48.3 Å². The van der Waals surface area contributed by atoms with Crippen molar-refractivity contribution in [3.05, 3.63) is 36.0 Å². The second-order valence-electron chi connectivity index (χ2n) is 21.2. The fourth-order valence-electron chi connectivity index (χ4n) is 7.78. The summed E-state index contributed by atoms with van der Waals surface area (Å²) in [5.74, 6) is -7.42. The van der Waals surface area contributed by atoms with Gasteiger partial charge in [0.05, 0.1) is 6.04 Å². The fourth-order valence-corrected chi connectivity index (χ4v) is 7.78. The molecule has 12 N–H and O–H groups in total. The maximum Gasteiger partial charge on any atom is 0.326 e. The van der Waals surface area contributed by atoms with Crippen molar-refractivity contribution in [2.75, 3.05) is 0 Å². The molecular weight excluding hydrogens is 913 g/mol. The summed E-state index contributed by atoms with van der Waals surface area (Å²) in [7, 11) is 0. The Bertz CT molecular complexity index is 2140. The summed E-state index contributed by atoms with van der Waals surface area (Å²) in [6, 6.07) is -2.70. The zero-order valence-electron chi connectivity index (χ0n) is 44.3.